The van der Waals surface area contributed by atoms with Gasteiger partial charge < -0.3 is 15.0 Å². The van der Waals surface area contributed by atoms with Gasteiger partial charge in [0.2, 0.25) is 0 Å². The van der Waals surface area contributed by atoms with Gasteiger partial charge >= 0.3 is 6.09 Å². The molecule has 35 heavy (non-hydrogen) atoms. The molecule has 0 radical (unpaired) electrons. The Labute approximate surface area is 210 Å². The van der Waals surface area contributed by atoms with Crippen LogP contribution in [0.25, 0.3) is 0 Å². The molecule has 0 unspecified atom stereocenters. The van der Waals surface area contributed by atoms with Crippen LogP contribution in [0.3, 0.4) is 0 Å². The van der Waals surface area contributed by atoms with E-state index in [2.05, 4.69) is 10.2 Å². The second-order valence-electron chi connectivity index (χ2n) is 9.79. The topological polar surface area (TPSA) is 85.7 Å². The molecule has 0 aliphatic carbocycles. The molecule has 0 saturated carbocycles. The highest BCUT2D eigenvalue weighted by Crippen LogP contribution is 2.27. The molecule has 9 heteroatoms. The summed E-state index contributed by atoms with van der Waals surface area (Å²) in [5.74, 6) is -1.19. The van der Waals surface area contributed by atoms with Crippen LogP contribution < -0.4 is 5.32 Å². The molecule has 1 N–H and O–H groups in total. The van der Waals surface area contributed by atoms with Crippen molar-refractivity contribution in [3.63, 3.8) is 0 Å². The number of ether oxygens (including phenoxy) is 1. The first-order valence-electron chi connectivity index (χ1n) is 11.4. The molecular formula is C26H30ClFN4O3. The lowest BCUT2D eigenvalue weighted by atomic mass is 10.0. The van der Waals surface area contributed by atoms with E-state index in [1.54, 1.807) is 11.0 Å². The van der Waals surface area contributed by atoms with Crippen molar-refractivity contribution < 1.29 is 18.7 Å². The van der Waals surface area contributed by atoms with Gasteiger partial charge in [-0.25, -0.2) is 9.18 Å². The zero-order valence-corrected chi connectivity index (χ0v) is 21.4. The largest absolute Gasteiger partial charge is 0.444 e. The van der Waals surface area contributed by atoms with Crippen molar-refractivity contribution in [1.82, 2.24) is 9.80 Å². The normalized spacial score (nSPS) is 16.5. The van der Waals surface area contributed by atoms with Crippen molar-refractivity contribution >= 4 is 29.3 Å². The highest BCUT2D eigenvalue weighted by Gasteiger charge is 2.31. The summed E-state index contributed by atoms with van der Waals surface area (Å²) in [6.07, 6.45) is -0.314. The van der Waals surface area contributed by atoms with Crippen LogP contribution in [0, 0.1) is 24.1 Å². The average Bonchev–Trinajstić information content (AvgIpc) is 2.75. The van der Waals surface area contributed by atoms with Crippen LogP contribution in [0.5, 0.6) is 0 Å². The number of nitrogens with zero attached hydrogens (tertiary/aromatic N) is 3. The van der Waals surface area contributed by atoms with Crippen molar-refractivity contribution in [3.8, 4) is 6.07 Å². The molecule has 2 amide bonds. The van der Waals surface area contributed by atoms with E-state index in [1.807, 2.05) is 46.8 Å². The van der Waals surface area contributed by atoms with Gasteiger partial charge in [-0.15, -0.1) is 0 Å². The Bertz CT molecular complexity index is 1170. The molecule has 0 spiro atoms. The Balaban J connectivity index is 1.72. The molecule has 1 aliphatic heterocycles. The predicted octanol–water partition coefficient (Wildman–Crippen LogP) is 5.35. The molecule has 2 aromatic carbocycles. The second-order valence-corrected chi connectivity index (χ2v) is 10.2. The zero-order chi connectivity index (χ0) is 25.9. The van der Waals surface area contributed by atoms with Crippen LogP contribution in [0.1, 0.15) is 54.7 Å². The summed E-state index contributed by atoms with van der Waals surface area (Å²) in [5, 5.41) is 12.3. The fourth-order valence-corrected chi connectivity index (χ4v) is 4.26. The lowest BCUT2D eigenvalue weighted by Crippen LogP contribution is -2.54. The van der Waals surface area contributed by atoms with Crippen LogP contribution in [-0.4, -0.2) is 53.1 Å². The average molecular weight is 501 g/mol. The van der Waals surface area contributed by atoms with Gasteiger partial charge in [-0.2, -0.15) is 5.26 Å². The van der Waals surface area contributed by atoms with Crippen molar-refractivity contribution in [2.24, 2.45) is 0 Å². The molecule has 1 fully saturated rings. The number of nitrogens with one attached hydrogen (secondary N) is 1. The Morgan fingerprint density at radius 3 is 2.57 bits per heavy atom. The lowest BCUT2D eigenvalue weighted by molar-refractivity contribution is 0.000534. The summed E-state index contributed by atoms with van der Waals surface area (Å²) in [7, 11) is 0. The summed E-state index contributed by atoms with van der Waals surface area (Å²) in [6, 6.07) is 8.82. The van der Waals surface area contributed by atoms with Crippen molar-refractivity contribution in [3.05, 3.63) is 63.4 Å². The van der Waals surface area contributed by atoms with Crippen LogP contribution in [0.2, 0.25) is 5.02 Å². The summed E-state index contributed by atoms with van der Waals surface area (Å²) in [4.78, 5) is 29.2. The maximum absolute atomic E-state index is 13.8. The van der Waals surface area contributed by atoms with Crippen LogP contribution in [0.15, 0.2) is 30.3 Å². The van der Waals surface area contributed by atoms with Crippen molar-refractivity contribution in [2.75, 3.05) is 25.0 Å². The van der Waals surface area contributed by atoms with Gasteiger partial charge in [0, 0.05) is 48.5 Å². The molecule has 1 aliphatic rings. The molecule has 2 aromatic rings. The third-order valence-corrected chi connectivity index (χ3v) is 5.97. The van der Waals surface area contributed by atoms with Crippen molar-refractivity contribution in [2.45, 2.75) is 52.8 Å². The lowest BCUT2D eigenvalue weighted by Gasteiger charge is -2.40. The van der Waals surface area contributed by atoms with E-state index >= 15 is 0 Å². The SMILES string of the molecule is Cc1c(CN2CCN(C(=O)OC(C)(C)C)[C@@H](C)C2)cc(Cl)cc1NC(=O)c1cc(F)cc(C#N)c1. The van der Waals surface area contributed by atoms with E-state index in [1.165, 1.54) is 6.07 Å². The summed E-state index contributed by atoms with van der Waals surface area (Å²) >= 11 is 6.35. The van der Waals surface area contributed by atoms with Crippen LogP contribution in [-0.2, 0) is 11.3 Å². The molecule has 186 valence electrons. The Hall–Kier alpha value is -3.15. The van der Waals surface area contributed by atoms with E-state index in [9.17, 15) is 14.0 Å². The Morgan fingerprint density at radius 1 is 1.23 bits per heavy atom. The van der Waals surface area contributed by atoms with Crippen LogP contribution >= 0.6 is 11.6 Å². The Kier molecular flexibility index (Phi) is 8.04. The number of carbonyl (C=O) groups excluding carboxylic acids is 2. The van der Waals surface area contributed by atoms with Gasteiger partial charge in [0.1, 0.15) is 11.4 Å². The van der Waals surface area contributed by atoms with Gasteiger partial charge in [-0.1, -0.05) is 11.6 Å². The second kappa shape index (κ2) is 10.6. The van der Waals surface area contributed by atoms with E-state index in [0.29, 0.717) is 36.9 Å². The smallest absolute Gasteiger partial charge is 0.410 e. The molecular weight excluding hydrogens is 471 g/mol. The molecule has 1 heterocycles. The van der Waals surface area contributed by atoms with Crippen molar-refractivity contribution in [1.29, 1.82) is 5.26 Å². The highest BCUT2D eigenvalue weighted by molar-refractivity contribution is 6.31. The monoisotopic (exact) mass is 500 g/mol. The molecule has 3 rings (SSSR count). The quantitative estimate of drug-likeness (QED) is 0.611. The number of amides is 2. The zero-order valence-electron chi connectivity index (χ0n) is 20.6. The maximum Gasteiger partial charge on any atom is 0.410 e. The molecule has 1 atom stereocenters. The van der Waals surface area contributed by atoms with Gasteiger partial charge in [-0.3, -0.25) is 9.69 Å². The van der Waals surface area contributed by atoms with Crippen LogP contribution in [0.4, 0.5) is 14.9 Å². The first kappa shape index (κ1) is 26.5. The highest BCUT2D eigenvalue weighted by atomic mass is 35.5. The standard InChI is InChI=1S/C26H30ClFN4O3/c1-16-14-31(6-7-32(16)25(34)35-26(3,4)5)15-20-10-21(27)12-23(17(20)2)30-24(33)19-8-18(13-29)9-22(28)11-19/h8-12,16H,6-7,14-15H2,1-5H3,(H,30,33)/t16-/m0/s1. The van der Waals surface area contributed by atoms with E-state index < -0.39 is 17.3 Å². The number of hydrogen-bond donors (Lipinski definition) is 1. The number of carbonyl (C=O) groups is 2. The minimum absolute atomic E-state index is 0.0282. The minimum atomic E-state index is -0.655. The first-order valence-corrected chi connectivity index (χ1v) is 11.8. The van der Waals surface area contributed by atoms with E-state index in [0.717, 1.165) is 23.3 Å². The van der Waals surface area contributed by atoms with Gasteiger partial charge in [0.15, 0.2) is 0 Å². The third kappa shape index (κ3) is 6.93. The predicted molar refractivity (Wildman–Crippen MR) is 133 cm³/mol. The van der Waals surface area contributed by atoms with Gasteiger partial charge in [-0.05, 0) is 76.1 Å². The van der Waals surface area contributed by atoms with Gasteiger partial charge in [0.25, 0.3) is 5.91 Å². The number of anilines is 1. The number of hydrogen-bond acceptors (Lipinski definition) is 5. The van der Waals surface area contributed by atoms with E-state index in [4.69, 9.17) is 21.6 Å². The minimum Gasteiger partial charge on any atom is -0.444 e. The first-order chi connectivity index (χ1) is 16.4. The summed E-state index contributed by atoms with van der Waals surface area (Å²) in [5.41, 5.74) is 1.85. The molecule has 0 aromatic heterocycles. The summed E-state index contributed by atoms with van der Waals surface area (Å²) in [6.45, 7) is 11.9. The Morgan fingerprint density at radius 2 is 1.94 bits per heavy atom. The number of piperazine rings is 1. The fourth-order valence-electron chi connectivity index (χ4n) is 4.02. The number of rotatable bonds is 4. The summed E-state index contributed by atoms with van der Waals surface area (Å²) < 4.78 is 19.3. The molecule has 1 saturated heterocycles. The maximum atomic E-state index is 13.8. The number of nitriles is 1. The molecule has 7 nitrogen and oxygen atoms in total. The third-order valence-electron chi connectivity index (χ3n) is 5.75. The van der Waals surface area contributed by atoms with E-state index in [-0.39, 0.29) is 23.3 Å². The molecule has 0 bridgehead atoms. The van der Waals surface area contributed by atoms with Gasteiger partial charge in [0.05, 0.1) is 11.6 Å². The number of benzene rings is 2. The number of halogens is 2. The fraction of sp³-hybridized carbons (Fsp3) is 0.423.